The molecule has 0 saturated carbocycles. The van der Waals surface area contributed by atoms with E-state index in [2.05, 4.69) is 4.98 Å². The van der Waals surface area contributed by atoms with Crippen LogP contribution in [0, 0.1) is 19.8 Å². The zero-order valence-corrected chi connectivity index (χ0v) is 15.3. The summed E-state index contributed by atoms with van der Waals surface area (Å²) in [6.07, 6.45) is 1.88. The Balaban J connectivity index is 1.59. The maximum atomic E-state index is 12.6. The van der Waals surface area contributed by atoms with Crippen molar-refractivity contribution in [2.24, 2.45) is 5.92 Å². The second-order valence-corrected chi connectivity index (χ2v) is 7.08. The monoisotopic (exact) mass is 355 g/mol. The average molecular weight is 355 g/mol. The molecule has 1 N–H and O–H groups in total. The average Bonchev–Trinajstić information content (AvgIpc) is 3.07. The molecule has 26 heavy (non-hydrogen) atoms. The molecule has 1 atom stereocenters. The smallest absolute Gasteiger partial charge is 0.348 e. The lowest BCUT2D eigenvalue weighted by molar-refractivity contribution is -0.131. The number of amides is 1. The molecule has 1 aromatic heterocycles. The molecule has 1 saturated heterocycles. The van der Waals surface area contributed by atoms with Gasteiger partial charge in [0, 0.05) is 24.5 Å². The molecule has 1 amide bonds. The minimum atomic E-state index is -0.365. The van der Waals surface area contributed by atoms with Crippen LogP contribution in [0.3, 0.4) is 0 Å². The molecule has 138 valence electrons. The van der Waals surface area contributed by atoms with E-state index in [-0.39, 0.29) is 24.7 Å². The number of aliphatic hydroxyl groups excluding tert-OH is 1. The molecule has 6 heteroatoms. The normalized spacial score (nSPS) is 16.9. The van der Waals surface area contributed by atoms with Crippen molar-refractivity contribution < 1.29 is 9.90 Å². The van der Waals surface area contributed by atoms with E-state index in [4.69, 9.17) is 5.11 Å². The summed E-state index contributed by atoms with van der Waals surface area (Å²) in [5, 5.41) is 9.11. The van der Waals surface area contributed by atoms with Crippen LogP contribution < -0.4 is 5.69 Å². The lowest BCUT2D eigenvalue weighted by Gasteiger charge is -2.18. The van der Waals surface area contributed by atoms with Gasteiger partial charge in [0.15, 0.2) is 0 Å². The molecule has 6 nitrogen and oxygen atoms in total. The second-order valence-electron chi connectivity index (χ2n) is 7.08. The number of hydrogen-bond acceptors (Lipinski definition) is 4. The summed E-state index contributed by atoms with van der Waals surface area (Å²) in [4.78, 5) is 30.4. The largest absolute Gasteiger partial charge is 0.392 e. The third kappa shape index (κ3) is 4.19. The Kier molecular flexibility index (Phi) is 5.52. The topological polar surface area (TPSA) is 75.4 Å². The molecular formula is C20H25N3O3. The van der Waals surface area contributed by atoms with E-state index in [0.717, 1.165) is 30.6 Å². The van der Waals surface area contributed by atoms with E-state index in [1.165, 1.54) is 10.1 Å². The number of aromatic nitrogens is 2. The highest BCUT2D eigenvalue weighted by molar-refractivity contribution is 5.76. The van der Waals surface area contributed by atoms with Crippen LogP contribution in [0.4, 0.5) is 0 Å². The van der Waals surface area contributed by atoms with Crippen LogP contribution in [0.15, 0.2) is 35.1 Å². The van der Waals surface area contributed by atoms with Gasteiger partial charge in [-0.25, -0.2) is 4.79 Å². The highest BCUT2D eigenvalue weighted by atomic mass is 16.3. The van der Waals surface area contributed by atoms with Crippen molar-refractivity contribution in [3.63, 3.8) is 0 Å². The van der Waals surface area contributed by atoms with Crippen LogP contribution in [0.5, 0.6) is 0 Å². The van der Waals surface area contributed by atoms with Crippen LogP contribution in [0.2, 0.25) is 0 Å². The molecule has 1 aliphatic heterocycles. The summed E-state index contributed by atoms with van der Waals surface area (Å²) in [6.45, 7) is 5.15. The lowest BCUT2D eigenvalue weighted by Crippen LogP contribution is -2.36. The molecule has 0 bridgehead atoms. The van der Waals surface area contributed by atoms with E-state index in [0.29, 0.717) is 18.2 Å². The fourth-order valence-corrected chi connectivity index (χ4v) is 3.54. The predicted molar refractivity (Wildman–Crippen MR) is 98.7 cm³/mol. The summed E-state index contributed by atoms with van der Waals surface area (Å²) in [6, 6.07) is 9.77. The molecule has 3 rings (SSSR count). The van der Waals surface area contributed by atoms with Gasteiger partial charge in [0.05, 0.1) is 6.61 Å². The van der Waals surface area contributed by atoms with Crippen molar-refractivity contribution in [1.29, 1.82) is 0 Å². The molecule has 1 aromatic carbocycles. The van der Waals surface area contributed by atoms with Gasteiger partial charge in [-0.05, 0) is 49.8 Å². The van der Waals surface area contributed by atoms with Crippen molar-refractivity contribution >= 4 is 5.91 Å². The van der Waals surface area contributed by atoms with E-state index in [9.17, 15) is 9.59 Å². The van der Waals surface area contributed by atoms with Crippen molar-refractivity contribution in [3.05, 3.63) is 63.3 Å². The molecule has 0 spiro atoms. The third-order valence-corrected chi connectivity index (χ3v) is 5.01. The molecular weight excluding hydrogens is 330 g/mol. The third-order valence-electron chi connectivity index (χ3n) is 5.01. The van der Waals surface area contributed by atoms with Crippen molar-refractivity contribution in [3.8, 4) is 0 Å². The van der Waals surface area contributed by atoms with E-state index in [1.807, 2.05) is 42.2 Å². The van der Waals surface area contributed by atoms with Gasteiger partial charge in [-0.15, -0.1) is 0 Å². The SMILES string of the molecule is Cc1cc(C)n(CC(=O)N2CC[C@H](Cc3ccc(CO)cc3)C2)c(=O)n1. The summed E-state index contributed by atoms with van der Waals surface area (Å²) < 4.78 is 1.44. The molecule has 0 unspecified atom stereocenters. The van der Waals surface area contributed by atoms with Crippen LogP contribution in [-0.4, -0.2) is 38.6 Å². The summed E-state index contributed by atoms with van der Waals surface area (Å²) in [5.74, 6) is 0.395. The Morgan fingerprint density at radius 2 is 1.92 bits per heavy atom. The van der Waals surface area contributed by atoms with Gasteiger partial charge in [-0.2, -0.15) is 4.98 Å². The number of likely N-dealkylation sites (tertiary alicyclic amines) is 1. The number of aryl methyl sites for hydroxylation is 2. The lowest BCUT2D eigenvalue weighted by atomic mass is 9.98. The Morgan fingerprint density at radius 1 is 1.23 bits per heavy atom. The predicted octanol–water partition coefficient (Wildman–Crippen LogP) is 1.44. The first kappa shape index (κ1) is 18.3. The zero-order valence-electron chi connectivity index (χ0n) is 15.3. The van der Waals surface area contributed by atoms with Crippen molar-refractivity contribution in [2.45, 2.75) is 39.8 Å². The number of hydrogen-bond donors (Lipinski definition) is 1. The highest BCUT2D eigenvalue weighted by Gasteiger charge is 2.26. The van der Waals surface area contributed by atoms with Crippen LogP contribution in [-0.2, 0) is 24.4 Å². The molecule has 1 fully saturated rings. The molecule has 2 aromatic rings. The minimum absolute atomic E-state index is 0.0287. The van der Waals surface area contributed by atoms with Gasteiger partial charge in [-0.1, -0.05) is 24.3 Å². The van der Waals surface area contributed by atoms with Crippen LogP contribution >= 0.6 is 0 Å². The highest BCUT2D eigenvalue weighted by Crippen LogP contribution is 2.21. The first-order valence-corrected chi connectivity index (χ1v) is 8.98. The fraction of sp³-hybridized carbons (Fsp3) is 0.450. The van der Waals surface area contributed by atoms with Gasteiger partial charge in [0.25, 0.3) is 0 Å². The standard InChI is InChI=1S/C20H25N3O3/c1-14-9-15(2)23(20(26)21-14)12-19(25)22-8-7-18(11-22)10-16-3-5-17(13-24)6-4-16/h3-6,9,18,24H,7-8,10-13H2,1-2H3/t18-/m1/s1. The van der Waals surface area contributed by atoms with Crippen LogP contribution in [0.1, 0.15) is 28.9 Å². The molecule has 2 heterocycles. The van der Waals surface area contributed by atoms with Gasteiger partial charge >= 0.3 is 5.69 Å². The first-order chi connectivity index (χ1) is 12.5. The molecule has 1 aliphatic rings. The quantitative estimate of drug-likeness (QED) is 0.881. The van der Waals surface area contributed by atoms with E-state index < -0.39 is 0 Å². The Morgan fingerprint density at radius 3 is 2.58 bits per heavy atom. The first-order valence-electron chi connectivity index (χ1n) is 8.98. The fourth-order valence-electron chi connectivity index (χ4n) is 3.54. The number of nitrogens with zero attached hydrogens (tertiary/aromatic N) is 3. The van der Waals surface area contributed by atoms with E-state index in [1.54, 1.807) is 6.92 Å². The Hall–Kier alpha value is -2.47. The summed E-state index contributed by atoms with van der Waals surface area (Å²) >= 11 is 0. The van der Waals surface area contributed by atoms with Gasteiger partial charge < -0.3 is 10.0 Å². The van der Waals surface area contributed by atoms with Gasteiger partial charge in [0.1, 0.15) is 6.54 Å². The Bertz CT molecular complexity index is 842. The number of rotatable bonds is 5. The van der Waals surface area contributed by atoms with Crippen molar-refractivity contribution in [2.75, 3.05) is 13.1 Å². The van der Waals surface area contributed by atoms with Crippen LogP contribution in [0.25, 0.3) is 0 Å². The van der Waals surface area contributed by atoms with Gasteiger partial charge in [0.2, 0.25) is 5.91 Å². The van der Waals surface area contributed by atoms with Gasteiger partial charge in [-0.3, -0.25) is 9.36 Å². The van der Waals surface area contributed by atoms with E-state index >= 15 is 0 Å². The second kappa shape index (κ2) is 7.83. The molecule has 0 aliphatic carbocycles. The van der Waals surface area contributed by atoms with Crippen molar-refractivity contribution in [1.82, 2.24) is 14.5 Å². The Labute approximate surface area is 153 Å². The number of aliphatic hydroxyl groups is 1. The number of carbonyl (C=O) groups excluding carboxylic acids is 1. The zero-order chi connectivity index (χ0) is 18.7. The maximum Gasteiger partial charge on any atom is 0.348 e. The number of carbonyl (C=O) groups is 1. The number of benzene rings is 1. The summed E-state index contributed by atoms with van der Waals surface area (Å²) in [5.41, 5.74) is 3.19. The molecule has 0 radical (unpaired) electrons. The maximum absolute atomic E-state index is 12.6. The minimum Gasteiger partial charge on any atom is -0.392 e. The summed E-state index contributed by atoms with van der Waals surface area (Å²) in [7, 11) is 0.